The average molecular weight is 290 g/mol. The molecule has 2 aromatic rings. The quantitative estimate of drug-likeness (QED) is 0.752. The molecule has 0 aliphatic rings. The number of carbonyl (C=O) groups excluding carboxylic acids is 1. The molecule has 1 atom stereocenters. The molecule has 104 valence electrons. The van der Waals surface area contributed by atoms with Crippen molar-refractivity contribution < 1.29 is 4.79 Å². The number of anilines is 2. The predicted molar refractivity (Wildman–Crippen MR) is 82.9 cm³/mol. The van der Waals surface area contributed by atoms with Crippen LogP contribution in [0.2, 0.25) is 5.02 Å². The van der Waals surface area contributed by atoms with Crippen LogP contribution in [0.4, 0.5) is 16.2 Å². The molecule has 0 saturated carbocycles. The lowest BCUT2D eigenvalue weighted by Gasteiger charge is -2.15. The Morgan fingerprint density at radius 3 is 2.30 bits per heavy atom. The molecule has 4 nitrogen and oxygen atoms in total. The molecule has 0 aliphatic carbocycles. The van der Waals surface area contributed by atoms with Gasteiger partial charge in [-0.1, -0.05) is 23.7 Å². The van der Waals surface area contributed by atoms with Crippen molar-refractivity contribution in [3.05, 3.63) is 59.1 Å². The van der Waals surface area contributed by atoms with Gasteiger partial charge in [0.2, 0.25) is 0 Å². The molecule has 5 heteroatoms. The van der Waals surface area contributed by atoms with E-state index in [0.29, 0.717) is 16.4 Å². The summed E-state index contributed by atoms with van der Waals surface area (Å²) in [4.78, 5) is 11.9. The van der Waals surface area contributed by atoms with E-state index in [-0.39, 0.29) is 12.1 Å². The smallest absolute Gasteiger partial charge is 0.319 e. The van der Waals surface area contributed by atoms with Gasteiger partial charge in [0.05, 0.1) is 6.04 Å². The Balaban J connectivity index is 1.93. The number of nitrogens with two attached hydrogens (primary N) is 1. The Bertz CT molecular complexity index is 581. The fourth-order valence-corrected chi connectivity index (χ4v) is 1.89. The van der Waals surface area contributed by atoms with Crippen molar-refractivity contribution in [3.63, 3.8) is 0 Å². The fourth-order valence-electron chi connectivity index (χ4n) is 1.77. The lowest BCUT2D eigenvalue weighted by atomic mass is 10.1. The Kier molecular flexibility index (Phi) is 4.48. The van der Waals surface area contributed by atoms with Gasteiger partial charge in [-0.2, -0.15) is 0 Å². The van der Waals surface area contributed by atoms with Crippen molar-refractivity contribution in [3.8, 4) is 0 Å². The van der Waals surface area contributed by atoms with E-state index in [4.69, 9.17) is 17.3 Å². The molecule has 2 rings (SSSR count). The summed E-state index contributed by atoms with van der Waals surface area (Å²) in [6, 6.07) is 14.0. The monoisotopic (exact) mass is 289 g/mol. The Morgan fingerprint density at radius 2 is 1.70 bits per heavy atom. The Morgan fingerprint density at radius 1 is 1.10 bits per heavy atom. The van der Waals surface area contributed by atoms with Crippen LogP contribution in [-0.2, 0) is 0 Å². The minimum Gasteiger partial charge on any atom is -0.399 e. The number of benzene rings is 2. The topological polar surface area (TPSA) is 67.2 Å². The van der Waals surface area contributed by atoms with Gasteiger partial charge in [-0.15, -0.1) is 0 Å². The number of nitrogens with one attached hydrogen (secondary N) is 2. The van der Waals surface area contributed by atoms with Crippen molar-refractivity contribution in [2.75, 3.05) is 11.1 Å². The summed E-state index contributed by atoms with van der Waals surface area (Å²) in [7, 11) is 0. The predicted octanol–water partition coefficient (Wildman–Crippen LogP) is 3.80. The van der Waals surface area contributed by atoms with Gasteiger partial charge >= 0.3 is 6.03 Å². The number of urea groups is 1. The van der Waals surface area contributed by atoms with Gasteiger partial charge in [0.15, 0.2) is 0 Å². The summed E-state index contributed by atoms with van der Waals surface area (Å²) < 4.78 is 0. The zero-order valence-electron chi connectivity index (χ0n) is 11.1. The zero-order valence-corrected chi connectivity index (χ0v) is 11.8. The highest BCUT2D eigenvalue weighted by Crippen LogP contribution is 2.16. The van der Waals surface area contributed by atoms with Crippen LogP contribution in [0.3, 0.4) is 0 Å². The molecule has 20 heavy (non-hydrogen) atoms. The summed E-state index contributed by atoms with van der Waals surface area (Å²) in [6.45, 7) is 1.91. The van der Waals surface area contributed by atoms with Crippen LogP contribution in [0.1, 0.15) is 18.5 Å². The van der Waals surface area contributed by atoms with Crippen LogP contribution in [0.15, 0.2) is 48.5 Å². The molecule has 0 fully saturated rings. The first-order valence-electron chi connectivity index (χ1n) is 6.23. The zero-order chi connectivity index (χ0) is 14.5. The van der Waals surface area contributed by atoms with E-state index in [2.05, 4.69) is 10.6 Å². The number of carbonyl (C=O) groups is 1. The molecule has 2 amide bonds. The average Bonchev–Trinajstić information content (AvgIpc) is 2.42. The molecular weight excluding hydrogens is 274 g/mol. The maximum Gasteiger partial charge on any atom is 0.319 e. The second-order valence-electron chi connectivity index (χ2n) is 4.49. The molecule has 0 bridgehead atoms. The SMILES string of the molecule is CC(NC(=O)Nc1ccc(Cl)cc1)c1ccc(N)cc1. The molecule has 0 aliphatic heterocycles. The van der Waals surface area contributed by atoms with Gasteiger partial charge in [-0.25, -0.2) is 4.79 Å². The second-order valence-corrected chi connectivity index (χ2v) is 4.93. The molecule has 0 saturated heterocycles. The van der Waals surface area contributed by atoms with E-state index in [1.165, 1.54) is 0 Å². The molecule has 4 N–H and O–H groups in total. The molecule has 0 spiro atoms. The molecule has 0 radical (unpaired) electrons. The van der Waals surface area contributed by atoms with E-state index < -0.39 is 0 Å². The van der Waals surface area contributed by atoms with E-state index in [0.717, 1.165) is 5.56 Å². The van der Waals surface area contributed by atoms with E-state index in [1.54, 1.807) is 24.3 Å². The van der Waals surface area contributed by atoms with Crippen LogP contribution >= 0.6 is 11.6 Å². The van der Waals surface area contributed by atoms with E-state index in [1.807, 2.05) is 31.2 Å². The second kappa shape index (κ2) is 6.30. The van der Waals surface area contributed by atoms with Gasteiger partial charge < -0.3 is 16.4 Å². The van der Waals surface area contributed by atoms with Gasteiger partial charge in [0.25, 0.3) is 0 Å². The highest BCUT2D eigenvalue weighted by molar-refractivity contribution is 6.30. The van der Waals surface area contributed by atoms with Crippen molar-refractivity contribution in [1.82, 2.24) is 5.32 Å². The van der Waals surface area contributed by atoms with Crippen molar-refractivity contribution in [2.45, 2.75) is 13.0 Å². The maximum absolute atomic E-state index is 11.9. The number of hydrogen-bond acceptors (Lipinski definition) is 2. The third-order valence-electron chi connectivity index (χ3n) is 2.89. The van der Waals surface area contributed by atoms with Gasteiger partial charge in [0.1, 0.15) is 0 Å². The molecular formula is C15H16ClN3O. The van der Waals surface area contributed by atoms with E-state index in [9.17, 15) is 4.79 Å². The molecule has 0 aromatic heterocycles. The summed E-state index contributed by atoms with van der Waals surface area (Å²) in [6.07, 6.45) is 0. The Labute approximate surface area is 122 Å². The third-order valence-corrected chi connectivity index (χ3v) is 3.14. The van der Waals surface area contributed by atoms with E-state index >= 15 is 0 Å². The largest absolute Gasteiger partial charge is 0.399 e. The van der Waals surface area contributed by atoms with Crippen LogP contribution in [-0.4, -0.2) is 6.03 Å². The first-order chi connectivity index (χ1) is 9.54. The minimum atomic E-state index is -0.267. The molecule has 2 aromatic carbocycles. The number of nitrogen functional groups attached to an aromatic ring is 1. The number of rotatable bonds is 3. The van der Waals surface area contributed by atoms with Crippen molar-refractivity contribution in [1.29, 1.82) is 0 Å². The standard InChI is InChI=1S/C15H16ClN3O/c1-10(11-2-6-13(17)7-3-11)18-15(20)19-14-8-4-12(16)5-9-14/h2-10H,17H2,1H3,(H2,18,19,20). The highest BCUT2D eigenvalue weighted by atomic mass is 35.5. The van der Waals surface area contributed by atoms with Crippen molar-refractivity contribution in [2.24, 2.45) is 0 Å². The number of hydrogen-bond donors (Lipinski definition) is 3. The summed E-state index contributed by atoms with van der Waals surface area (Å²) in [5.74, 6) is 0. The minimum absolute atomic E-state index is 0.108. The van der Waals surface area contributed by atoms with Crippen LogP contribution in [0.5, 0.6) is 0 Å². The Hall–Kier alpha value is -2.20. The lowest BCUT2D eigenvalue weighted by molar-refractivity contribution is 0.249. The summed E-state index contributed by atoms with van der Waals surface area (Å²) >= 11 is 5.79. The normalized spacial score (nSPS) is 11.7. The summed E-state index contributed by atoms with van der Waals surface area (Å²) in [5.41, 5.74) is 8.01. The van der Waals surface area contributed by atoms with Crippen LogP contribution in [0.25, 0.3) is 0 Å². The number of amides is 2. The van der Waals surface area contributed by atoms with Crippen LogP contribution in [0, 0.1) is 0 Å². The number of halogens is 1. The first kappa shape index (κ1) is 14.2. The first-order valence-corrected chi connectivity index (χ1v) is 6.61. The van der Waals surface area contributed by atoms with Crippen molar-refractivity contribution >= 4 is 29.0 Å². The van der Waals surface area contributed by atoms with Gasteiger partial charge in [-0.3, -0.25) is 0 Å². The van der Waals surface area contributed by atoms with Gasteiger partial charge in [0, 0.05) is 16.4 Å². The summed E-state index contributed by atoms with van der Waals surface area (Å²) in [5, 5.41) is 6.23. The lowest BCUT2D eigenvalue weighted by Crippen LogP contribution is -2.31. The van der Waals surface area contributed by atoms with Crippen LogP contribution < -0.4 is 16.4 Å². The highest BCUT2D eigenvalue weighted by Gasteiger charge is 2.09. The fraction of sp³-hybridized carbons (Fsp3) is 0.133. The van der Waals surface area contributed by atoms with Gasteiger partial charge in [-0.05, 0) is 48.9 Å². The third kappa shape index (κ3) is 3.90. The molecule has 1 unspecified atom stereocenters. The maximum atomic E-state index is 11.9. The molecule has 0 heterocycles.